The van der Waals surface area contributed by atoms with E-state index in [9.17, 15) is 18.8 Å². The third-order valence-electron chi connectivity index (χ3n) is 4.30. The lowest BCUT2D eigenvalue weighted by Crippen LogP contribution is -2.43. The van der Waals surface area contributed by atoms with Gasteiger partial charge in [-0.15, -0.1) is 0 Å². The predicted octanol–water partition coefficient (Wildman–Crippen LogP) is 2.30. The molecule has 2 rings (SSSR count). The molecule has 0 heterocycles. The van der Waals surface area contributed by atoms with E-state index in [1.54, 1.807) is 12.1 Å². The van der Waals surface area contributed by atoms with Crippen molar-refractivity contribution in [1.29, 1.82) is 0 Å². The van der Waals surface area contributed by atoms with Crippen molar-refractivity contribution in [2.45, 2.75) is 13.8 Å². The second-order valence-corrected chi connectivity index (χ2v) is 6.14. The number of ether oxygens (including phenoxy) is 2. The van der Waals surface area contributed by atoms with Crippen LogP contribution in [0.15, 0.2) is 42.5 Å². The topological polar surface area (TPSA) is 97.0 Å². The molecule has 0 radical (unpaired) electrons. The van der Waals surface area contributed by atoms with Crippen LogP contribution < -0.4 is 20.5 Å². The normalized spacial score (nSPS) is 10.1. The third-order valence-corrected chi connectivity index (χ3v) is 4.30. The van der Waals surface area contributed by atoms with Gasteiger partial charge in [0.25, 0.3) is 11.8 Å². The summed E-state index contributed by atoms with van der Waals surface area (Å²) in [5, 5.41) is 0. The molecule has 0 aliphatic carbocycles. The standard InChI is InChI=1S/C21H24FN3O5/c1-4-25(5-2)15-8-6-14(7-9-15)20(27)24-23-19(26)13-30-21(28)17-11-10-16(29-3)12-18(17)22/h6-12H,4-5,13H2,1-3H3,(H,23,26)(H,24,27). The number of nitrogens with zero attached hydrogens (tertiary/aromatic N) is 1. The Hall–Kier alpha value is -3.62. The molecule has 2 amide bonds. The molecule has 0 aliphatic heterocycles. The van der Waals surface area contributed by atoms with Crippen LogP contribution in [0.4, 0.5) is 10.1 Å². The van der Waals surface area contributed by atoms with Gasteiger partial charge < -0.3 is 14.4 Å². The van der Waals surface area contributed by atoms with Crippen LogP contribution in [0, 0.1) is 5.82 Å². The van der Waals surface area contributed by atoms with Gasteiger partial charge in [-0.3, -0.25) is 20.4 Å². The van der Waals surface area contributed by atoms with Crippen LogP contribution in [0.1, 0.15) is 34.6 Å². The van der Waals surface area contributed by atoms with Gasteiger partial charge in [0.15, 0.2) is 6.61 Å². The van der Waals surface area contributed by atoms with Crippen molar-refractivity contribution in [2.75, 3.05) is 31.7 Å². The van der Waals surface area contributed by atoms with Crippen molar-refractivity contribution in [3.8, 4) is 5.75 Å². The number of hydrazine groups is 1. The molecule has 0 spiro atoms. The quantitative estimate of drug-likeness (QED) is 0.505. The summed E-state index contributed by atoms with van der Waals surface area (Å²) in [7, 11) is 1.37. The monoisotopic (exact) mass is 417 g/mol. The minimum absolute atomic E-state index is 0.245. The molecule has 8 nitrogen and oxygen atoms in total. The van der Waals surface area contributed by atoms with Crippen LogP contribution in [-0.2, 0) is 9.53 Å². The predicted molar refractivity (Wildman–Crippen MR) is 109 cm³/mol. The number of halogens is 1. The summed E-state index contributed by atoms with van der Waals surface area (Å²) in [6, 6.07) is 10.5. The SMILES string of the molecule is CCN(CC)c1ccc(C(=O)NNC(=O)COC(=O)c2ccc(OC)cc2F)cc1. The van der Waals surface area contributed by atoms with Crippen LogP contribution in [0.3, 0.4) is 0 Å². The van der Waals surface area contributed by atoms with Gasteiger partial charge in [-0.2, -0.15) is 0 Å². The van der Waals surface area contributed by atoms with Gasteiger partial charge in [0, 0.05) is 30.4 Å². The highest BCUT2D eigenvalue weighted by molar-refractivity contribution is 5.96. The van der Waals surface area contributed by atoms with Gasteiger partial charge in [-0.1, -0.05) is 0 Å². The Morgan fingerprint density at radius 2 is 1.67 bits per heavy atom. The summed E-state index contributed by atoms with van der Waals surface area (Å²) in [6.45, 7) is 5.07. The van der Waals surface area contributed by atoms with Crippen molar-refractivity contribution in [1.82, 2.24) is 10.9 Å². The van der Waals surface area contributed by atoms with E-state index in [0.717, 1.165) is 24.8 Å². The Morgan fingerprint density at radius 3 is 2.23 bits per heavy atom. The average molecular weight is 417 g/mol. The zero-order chi connectivity index (χ0) is 22.1. The van der Waals surface area contributed by atoms with Gasteiger partial charge in [-0.05, 0) is 50.2 Å². The minimum Gasteiger partial charge on any atom is -0.497 e. The van der Waals surface area contributed by atoms with Crippen LogP contribution >= 0.6 is 0 Å². The molecule has 0 aromatic heterocycles. The zero-order valence-electron chi connectivity index (χ0n) is 17.0. The van der Waals surface area contributed by atoms with Crippen LogP contribution in [0.25, 0.3) is 0 Å². The summed E-state index contributed by atoms with van der Waals surface area (Å²) in [4.78, 5) is 37.9. The van der Waals surface area contributed by atoms with E-state index in [1.165, 1.54) is 19.2 Å². The molecule has 2 N–H and O–H groups in total. The molecular formula is C21H24FN3O5. The Morgan fingerprint density at radius 1 is 1.00 bits per heavy atom. The van der Waals surface area contributed by atoms with E-state index in [2.05, 4.69) is 15.8 Å². The molecule has 0 saturated heterocycles. The third kappa shape index (κ3) is 5.94. The summed E-state index contributed by atoms with van der Waals surface area (Å²) in [5.41, 5.74) is 5.37. The van der Waals surface area contributed by atoms with Gasteiger partial charge in [0.05, 0.1) is 12.7 Å². The summed E-state index contributed by atoms with van der Waals surface area (Å²) >= 11 is 0. The zero-order valence-corrected chi connectivity index (χ0v) is 17.0. The van der Waals surface area contributed by atoms with Crippen molar-refractivity contribution >= 4 is 23.5 Å². The largest absolute Gasteiger partial charge is 0.497 e. The first kappa shape index (κ1) is 22.7. The van der Waals surface area contributed by atoms with Gasteiger partial charge in [0.2, 0.25) is 0 Å². The second-order valence-electron chi connectivity index (χ2n) is 6.14. The highest BCUT2D eigenvalue weighted by atomic mass is 19.1. The molecule has 0 fully saturated rings. The molecular weight excluding hydrogens is 393 g/mol. The number of anilines is 1. The second kappa shape index (κ2) is 10.8. The van der Waals surface area contributed by atoms with Crippen molar-refractivity contribution in [2.24, 2.45) is 0 Å². The van der Waals surface area contributed by atoms with Crippen LogP contribution in [-0.4, -0.2) is 44.6 Å². The first-order valence-electron chi connectivity index (χ1n) is 9.34. The van der Waals surface area contributed by atoms with E-state index < -0.39 is 30.2 Å². The maximum atomic E-state index is 13.8. The maximum absolute atomic E-state index is 13.8. The fourth-order valence-corrected chi connectivity index (χ4v) is 2.64. The fourth-order valence-electron chi connectivity index (χ4n) is 2.64. The highest BCUT2D eigenvalue weighted by Crippen LogP contribution is 2.17. The van der Waals surface area contributed by atoms with Crippen LogP contribution in [0.5, 0.6) is 5.75 Å². The van der Waals surface area contributed by atoms with E-state index in [4.69, 9.17) is 9.47 Å². The molecule has 2 aromatic rings. The molecule has 0 aliphatic rings. The summed E-state index contributed by atoms with van der Waals surface area (Å²) in [6.07, 6.45) is 0. The number of carbonyl (C=O) groups is 3. The molecule has 2 aromatic carbocycles. The number of hydrogen-bond donors (Lipinski definition) is 2. The number of rotatable bonds is 8. The maximum Gasteiger partial charge on any atom is 0.341 e. The number of hydrogen-bond acceptors (Lipinski definition) is 6. The fraction of sp³-hybridized carbons (Fsp3) is 0.286. The molecule has 0 bridgehead atoms. The van der Waals surface area contributed by atoms with Crippen molar-refractivity contribution in [3.63, 3.8) is 0 Å². The molecule has 0 unspecified atom stereocenters. The Kier molecular flexibility index (Phi) is 8.16. The number of esters is 1. The number of methoxy groups -OCH3 is 1. The first-order valence-corrected chi connectivity index (χ1v) is 9.34. The lowest BCUT2D eigenvalue weighted by Gasteiger charge is -2.21. The smallest absolute Gasteiger partial charge is 0.341 e. The van der Waals surface area contributed by atoms with Crippen LogP contribution in [0.2, 0.25) is 0 Å². The summed E-state index contributed by atoms with van der Waals surface area (Å²) < 4.78 is 23.4. The number of nitrogens with one attached hydrogen (secondary N) is 2. The molecule has 0 saturated carbocycles. The van der Waals surface area contributed by atoms with Gasteiger partial charge in [0.1, 0.15) is 11.6 Å². The molecule has 9 heteroatoms. The highest BCUT2D eigenvalue weighted by Gasteiger charge is 2.16. The van der Waals surface area contributed by atoms with Crippen molar-refractivity contribution in [3.05, 3.63) is 59.4 Å². The van der Waals surface area contributed by atoms with Gasteiger partial charge >= 0.3 is 5.97 Å². The first-order chi connectivity index (χ1) is 14.4. The van der Waals surface area contributed by atoms with E-state index >= 15 is 0 Å². The lowest BCUT2D eigenvalue weighted by molar-refractivity contribution is -0.125. The lowest BCUT2D eigenvalue weighted by atomic mass is 10.2. The Labute approximate surface area is 173 Å². The van der Waals surface area contributed by atoms with E-state index in [0.29, 0.717) is 5.56 Å². The molecule has 0 atom stereocenters. The van der Waals surface area contributed by atoms with E-state index in [1.807, 2.05) is 26.0 Å². The van der Waals surface area contributed by atoms with Gasteiger partial charge in [-0.25, -0.2) is 9.18 Å². The summed E-state index contributed by atoms with van der Waals surface area (Å²) in [5.74, 6) is -2.90. The number of amides is 2. The van der Waals surface area contributed by atoms with Crippen molar-refractivity contribution < 1.29 is 28.2 Å². The molecule has 160 valence electrons. The molecule has 30 heavy (non-hydrogen) atoms. The number of carbonyl (C=O) groups excluding carboxylic acids is 3. The average Bonchev–Trinajstić information content (AvgIpc) is 2.76. The Balaban J connectivity index is 1.82. The van der Waals surface area contributed by atoms with E-state index in [-0.39, 0.29) is 11.3 Å². The number of benzene rings is 2. The Bertz CT molecular complexity index is 898. The minimum atomic E-state index is -1.01.